The van der Waals surface area contributed by atoms with Crippen molar-refractivity contribution in [1.29, 1.82) is 0 Å². The summed E-state index contributed by atoms with van der Waals surface area (Å²) in [6.07, 6.45) is 2.66. The molecule has 0 saturated carbocycles. The van der Waals surface area contributed by atoms with Gasteiger partial charge in [0.2, 0.25) is 5.91 Å². The molecule has 0 radical (unpaired) electrons. The van der Waals surface area contributed by atoms with Crippen LogP contribution in [0.15, 0.2) is 24.3 Å². The molecule has 4 nitrogen and oxygen atoms in total. The maximum atomic E-state index is 11.0. The molecule has 0 unspecified atom stereocenters. The Balaban J connectivity index is 3.14. The van der Waals surface area contributed by atoms with Crippen LogP contribution in [0, 0.1) is 0 Å². The molecule has 5 heteroatoms. The van der Waals surface area contributed by atoms with Gasteiger partial charge in [-0.25, -0.2) is 4.79 Å². The highest BCUT2D eigenvalue weighted by atomic mass is 35.5. The molecule has 0 saturated heterocycles. The van der Waals surface area contributed by atoms with Gasteiger partial charge in [-0.2, -0.15) is 0 Å². The molecule has 0 spiro atoms. The molecule has 0 atom stereocenters. The highest BCUT2D eigenvalue weighted by molar-refractivity contribution is 6.33. The molecule has 0 heterocycles. The average Bonchev–Trinajstić information content (AvgIpc) is 2.25. The molecule has 1 amide bonds. The number of hydrogen-bond acceptors (Lipinski definition) is 2. The molecule has 0 bridgehead atoms. The summed E-state index contributed by atoms with van der Waals surface area (Å²) in [4.78, 5) is 21.9. The summed E-state index contributed by atoms with van der Waals surface area (Å²) in [6, 6.07) is 4.69. The van der Waals surface area contributed by atoms with Crippen LogP contribution in [0.25, 0.3) is 6.08 Å². The lowest BCUT2D eigenvalue weighted by molar-refractivity contribution is -0.115. The first-order valence-corrected chi connectivity index (χ1v) is 4.85. The predicted molar refractivity (Wildman–Crippen MR) is 61.5 cm³/mol. The Morgan fingerprint density at radius 3 is 2.69 bits per heavy atom. The van der Waals surface area contributed by atoms with E-state index in [4.69, 9.17) is 16.7 Å². The van der Waals surface area contributed by atoms with Gasteiger partial charge in [0.25, 0.3) is 0 Å². The minimum Gasteiger partial charge on any atom is -0.478 e. The smallest absolute Gasteiger partial charge is 0.337 e. The van der Waals surface area contributed by atoms with Crippen LogP contribution < -0.4 is 5.32 Å². The zero-order valence-electron chi connectivity index (χ0n) is 8.53. The first-order valence-electron chi connectivity index (χ1n) is 4.48. The second-order valence-corrected chi connectivity index (χ2v) is 3.36. The van der Waals surface area contributed by atoms with Crippen molar-refractivity contribution in [2.75, 3.05) is 7.05 Å². The third kappa shape index (κ3) is 2.84. The zero-order chi connectivity index (χ0) is 12.1. The van der Waals surface area contributed by atoms with Crippen molar-refractivity contribution in [3.05, 3.63) is 40.4 Å². The van der Waals surface area contributed by atoms with E-state index in [9.17, 15) is 9.59 Å². The lowest BCUT2D eigenvalue weighted by Crippen LogP contribution is -2.14. The van der Waals surface area contributed by atoms with E-state index in [0.717, 1.165) is 0 Å². The first kappa shape index (κ1) is 12.3. The summed E-state index contributed by atoms with van der Waals surface area (Å²) >= 11 is 5.76. The van der Waals surface area contributed by atoms with Gasteiger partial charge in [0.1, 0.15) is 0 Å². The quantitative estimate of drug-likeness (QED) is 0.791. The number of aromatic carboxylic acids is 1. The molecule has 0 aliphatic carbocycles. The van der Waals surface area contributed by atoms with Crippen molar-refractivity contribution < 1.29 is 14.7 Å². The third-order valence-corrected chi connectivity index (χ3v) is 2.24. The maximum Gasteiger partial charge on any atom is 0.337 e. The van der Waals surface area contributed by atoms with Crippen LogP contribution in [-0.2, 0) is 4.79 Å². The van der Waals surface area contributed by atoms with Crippen molar-refractivity contribution in [2.24, 2.45) is 0 Å². The first-order chi connectivity index (χ1) is 7.56. The molecule has 1 aromatic rings. The van der Waals surface area contributed by atoms with Gasteiger partial charge in [0, 0.05) is 13.1 Å². The van der Waals surface area contributed by atoms with Crippen LogP contribution in [0.5, 0.6) is 0 Å². The molecular weight excluding hydrogens is 230 g/mol. The van der Waals surface area contributed by atoms with E-state index >= 15 is 0 Å². The largest absolute Gasteiger partial charge is 0.478 e. The van der Waals surface area contributed by atoms with Crippen LogP contribution in [-0.4, -0.2) is 24.0 Å². The van der Waals surface area contributed by atoms with E-state index in [0.29, 0.717) is 5.56 Å². The monoisotopic (exact) mass is 239 g/mol. The van der Waals surface area contributed by atoms with Crippen molar-refractivity contribution >= 4 is 29.6 Å². The van der Waals surface area contributed by atoms with Crippen molar-refractivity contribution in [1.82, 2.24) is 5.32 Å². The number of likely N-dealkylation sites (N-methyl/N-ethyl adjacent to an activating group) is 1. The van der Waals surface area contributed by atoms with Gasteiger partial charge in [0.15, 0.2) is 0 Å². The highest BCUT2D eigenvalue weighted by Crippen LogP contribution is 2.21. The van der Waals surface area contributed by atoms with E-state index < -0.39 is 5.97 Å². The Hall–Kier alpha value is -1.81. The second-order valence-electron chi connectivity index (χ2n) is 2.96. The van der Waals surface area contributed by atoms with Gasteiger partial charge < -0.3 is 10.4 Å². The number of nitrogens with one attached hydrogen (secondary N) is 1. The molecule has 0 fully saturated rings. The van der Waals surface area contributed by atoms with Crippen LogP contribution in [0.4, 0.5) is 0 Å². The van der Waals surface area contributed by atoms with E-state index in [1.807, 2.05) is 0 Å². The molecule has 1 aromatic carbocycles. The van der Waals surface area contributed by atoms with Gasteiger partial charge >= 0.3 is 5.97 Å². The Labute approximate surface area is 97.5 Å². The fourth-order valence-corrected chi connectivity index (χ4v) is 1.42. The van der Waals surface area contributed by atoms with Crippen LogP contribution >= 0.6 is 11.6 Å². The Morgan fingerprint density at radius 1 is 1.44 bits per heavy atom. The van der Waals surface area contributed by atoms with E-state index in [1.165, 1.54) is 25.3 Å². The molecule has 0 aliphatic rings. The fraction of sp³-hybridized carbons (Fsp3) is 0.0909. The van der Waals surface area contributed by atoms with Crippen LogP contribution in [0.2, 0.25) is 5.02 Å². The standard InChI is InChI=1S/C11H10ClNO3/c1-13-9(14)6-5-7-3-2-4-8(12)10(7)11(15)16/h2-6H,1H3,(H,13,14)(H,15,16)/b6-5+. The van der Waals surface area contributed by atoms with E-state index in [-0.39, 0.29) is 16.5 Å². The van der Waals surface area contributed by atoms with Gasteiger partial charge in [0.05, 0.1) is 10.6 Å². The SMILES string of the molecule is CNC(=O)/C=C/c1cccc(Cl)c1C(=O)O. The number of carbonyl (C=O) groups is 2. The van der Waals surface area contributed by atoms with Crippen LogP contribution in [0.1, 0.15) is 15.9 Å². The molecule has 16 heavy (non-hydrogen) atoms. The Bertz CT molecular complexity index is 455. The maximum absolute atomic E-state index is 11.0. The topological polar surface area (TPSA) is 66.4 Å². The molecule has 0 aromatic heterocycles. The summed E-state index contributed by atoms with van der Waals surface area (Å²) in [6.45, 7) is 0. The van der Waals surface area contributed by atoms with Gasteiger partial charge in [-0.3, -0.25) is 4.79 Å². The molecule has 2 N–H and O–H groups in total. The normalized spacial score (nSPS) is 10.4. The Morgan fingerprint density at radius 2 is 2.12 bits per heavy atom. The number of carboxylic acids is 1. The lowest BCUT2D eigenvalue weighted by atomic mass is 10.1. The summed E-state index contributed by atoms with van der Waals surface area (Å²) in [5.41, 5.74) is 0.382. The number of carboxylic acid groups (broad SMARTS) is 1. The Kier molecular flexibility index (Phi) is 4.08. The second kappa shape index (κ2) is 5.32. The van der Waals surface area contributed by atoms with Gasteiger partial charge in [-0.1, -0.05) is 23.7 Å². The van der Waals surface area contributed by atoms with Gasteiger partial charge in [-0.15, -0.1) is 0 Å². The summed E-state index contributed by atoms with van der Waals surface area (Å²) < 4.78 is 0. The molecule has 1 rings (SSSR count). The molecule has 84 valence electrons. The lowest BCUT2D eigenvalue weighted by Gasteiger charge is -2.02. The summed E-state index contributed by atoms with van der Waals surface area (Å²) in [5.74, 6) is -1.43. The van der Waals surface area contributed by atoms with Crippen molar-refractivity contribution in [2.45, 2.75) is 0 Å². The number of hydrogen-bond donors (Lipinski definition) is 2. The van der Waals surface area contributed by atoms with Gasteiger partial charge in [-0.05, 0) is 17.7 Å². The average molecular weight is 240 g/mol. The highest BCUT2D eigenvalue weighted by Gasteiger charge is 2.12. The molecule has 0 aliphatic heterocycles. The summed E-state index contributed by atoms with van der Waals surface area (Å²) in [5, 5.41) is 11.5. The minimum absolute atomic E-state index is 0.00989. The predicted octanol–water partition coefficient (Wildman–Crippen LogP) is 1.80. The number of rotatable bonds is 3. The van der Waals surface area contributed by atoms with Crippen molar-refractivity contribution in [3.63, 3.8) is 0 Å². The number of halogens is 1. The fourth-order valence-electron chi connectivity index (χ4n) is 1.15. The van der Waals surface area contributed by atoms with Crippen molar-refractivity contribution in [3.8, 4) is 0 Å². The number of amides is 1. The molecular formula is C11H10ClNO3. The zero-order valence-corrected chi connectivity index (χ0v) is 9.28. The number of benzene rings is 1. The summed E-state index contributed by atoms with van der Waals surface area (Å²) in [7, 11) is 1.49. The number of carbonyl (C=O) groups excluding carboxylic acids is 1. The van der Waals surface area contributed by atoms with E-state index in [2.05, 4.69) is 5.32 Å². The third-order valence-electron chi connectivity index (χ3n) is 1.92. The van der Waals surface area contributed by atoms with Crippen LogP contribution in [0.3, 0.4) is 0 Å². The minimum atomic E-state index is -1.12. The van der Waals surface area contributed by atoms with E-state index in [1.54, 1.807) is 12.1 Å².